The Bertz CT molecular complexity index is 703. The third-order valence-corrected chi connectivity index (χ3v) is 3.75. The standard InChI is InChI=1S/C20H22N2O2/c1-15(2)22(14-18-11-9-17(13-21)10-12-18)20(23)16(3)24-19-7-5-4-6-8-19/h4-12,15-16H,14H2,1-3H3. The Hall–Kier alpha value is -2.80. The molecule has 1 amide bonds. The first-order chi connectivity index (χ1) is 11.5. The average molecular weight is 322 g/mol. The van der Waals surface area contributed by atoms with Gasteiger partial charge in [0.15, 0.2) is 6.10 Å². The van der Waals surface area contributed by atoms with Crippen LogP contribution in [-0.2, 0) is 11.3 Å². The molecule has 0 bridgehead atoms. The highest BCUT2D eigenvalue weighted by Crippen LogP contribution is 2.15. The Balaban J connectivity index is 2.08. The van der Waals surface area contributed by atoms with Gasteiger partial charge in [0.05, 0.1) is 11.6 Å². The Morgan fingerprint density at radius 3 is 2.25 bits per heavy atom. The number of ether oxygens (including phenoxy) is 1. The maximum atomic E-state index is 12.8. The molecule has 2 rings (SSSR count). The summed E-state index contributed by atoms with van der Waals surface area (Å²) in [6.45, 7) is 6.22. The van der Waals surface area contributed by atoms with Crippen LogP contribution in [0.25, 0.3) is 0 Å². The zero-order valence-electron chi connectivity index (χ0n) is 14.3. The predicted octanol–water partition coefficient (Wildman–Crippen LogP) is 3.76. The summed E-state index contributed by atoms with van der Waals surface area (Å²) in [6, 6.07) is 18.8. The molecule has 0 aromatic heterocycles. The summed E-state index contributed by atoms with van der Waals surface area (Å²) in [5.74, 6) is 0.624. The summed E-state index contributed by atoms with van der Waals surface area (Å²) in [7, 11) is 0. The molecule has 0 saturated heterocycles. The fraction of sp³-hybridized carbons (Fsp3) is 0.300. The lowest BCUT2D eigenvalue weighted by Gasteiger charge is -2.29. The minimum absolute atomic E-state index is 0.0509. The van der Waals surface area contributed by atoms with Gasteiger partial charge in [0.25, 0.3) is 5.91 Å². The van der Waals surface area contributed by atoms with Crippen LogP contribution in [0, 0.1) is 11.3 Å². The smallest absolute Gasteiger partial charge is 0.263 e. The van der Waals surface area contributed by atoms with Gasteiger partial charge in [0, 0.05) is 12.6 Å². The van der Waals surface area contributed by atoms with Crippen LogP contribution in [0.3, 0.4) is 0 Å². The van der Waals surface area contributed by atoms with E-state index in [0.717, 1.165) is 5.56 Å². The second-order valence-electron chi connectivity index (χ2n) is 5.94. The number of para-hydroxylation sites is 1. The molecule has 4 heteroatoms. The minimum atomic E-state index is -0.562. The molecule has 2 aromatic carbocycles. The maximum Gasteiger partial charge on any atom is 0.263 e. The Kier molecular flexibility index (Phi) is 5.97. The van der Waals surface area contributed by atoms with E-state index in [2.05, 4.69) is 6.07 Å². The van der Waals surface area contributed by atoms with Crippen molar-refractivity contribution in [1.29, 1.82) is 5.26 Å². The molecule has 4 nitrogen and oxygen atoms in total. The van der Waals surface area contributed by atoms with Crippen molar-refractivity contribution in [2.45, 2.75) is 39.5 Å². The summed E-state index contributed by atoms with van der Waals surface area (Å²) >= 11 is 0. The quantitative estimate of drug-likeness (QED) is 0.813. The lowest BCUT2D eigenvalue weighted by atomic mass is 10.1. The van der Waals surface area contributed by atoms with Crippen LogP contribution >= 0.6 is 0 Å². The number of nitrogens with zero attached hydrogens (tertiary/aromatic N) is 2. The van der Waals surface area contributed by atoms with Crippen molar-refractivity contribution < 1.29 is 9.53 Å². The van der Waals surface area contributed by atoms with Crippen molar-refractivity contribution in [3.05, 3.63) is 65.7 Å². The third-order valence-electron chi connectivity index (χ3n) is 3.75. The Morgan fingerprint density at radius 2 is 1.71 bits per heavy atom. The fourth-order valence-corrected chi connectivity index (χ4v) is 2.38. The van der Waals surface area contributed by atoms with Crippen LogP contribution in [0.4, 0.5) is 0 Å². The van der Waals surface area contributed by atoms with E-state index < -0.39 is 6.10 Å². The monoisotopic (exact) mass is 322 g/mol. The molecule has 1 unspecified atom stereocenters. The largest absolute Gasteiger partial charge is 0.481 e. The average Bonchev–Trinajstić information content (AvgIpc) is 2.60. The number of hydrogen-bond donors (Lipinski definition) is 0. The van der Waals surface area contributed by atoms with Crippen LogP contribution in [-0.4, -0.2) is 23.0 Å². The molecule has 0 fully saturated rings. The lowest BCUT2D eigenvalue weighted by Crippen LogP contribution is -2.43. The number of carbonyl (C=O) groups excluding carboxylic acids is 1. The van der Waals surface area contributed by atoms with Crippen LogP contribution in [0.2, 0.25) is 0 Å². The summed E-state index contributed by atoms with van der Waals surface area (Å²) < 4.78 is 5.75. The van der Waals surface area contributed by atoms with Gasteiger partial charge in [-0.2, -0.15) is 5.26 Å². The van der Waals surface area contributed by atoms with E-state index in [-0.39, 0.29) is 11.9 Å². The second-order valence-corrected chi connectivity index (χ2v) is 5.94. The van der Waals surface area contributed by atoms with Gasteiger partial charge in [-0.15, -0.1) is 0 Å². The van der Waals surface area contributed by atoms with Crippen LogP contribution in [0.5, 0.6) is 5.75 Å². The van der Waals surface area contributed by atoms with E-state index in [1.807, 2.05) is 56.3 Å². The molecule has 0 aliphatic carbocycles. The van der Waals surface area contributed by atoms with E-state index in [9.17, 15) is 4.79 Å². The number of benzene rings is 2. The molecule has 0 aliphatic heterocycles. The maximum absolute atomic E-state index is 12.8. The first-order valence-electron chi connectivity index (χ1n) is 8.02. The fourth-order valence-electron chi connectivity index (χ4n) is 2.38. The zero-order chi connectivity index (χ0) is 17.5. The normalized spacial score (nSPS) is 11.6. The second kappa shape index (κ2) is 8.16. The molecule has 0 N–H and O–H groups in total. The first kappa shape index (κ1) is 17.6. The third kappa shape index (κ3) is 4.60. The summed E-state index contributed by atoms with van der Waals surface area (Å²) in [5, 5.41) is 8.87. The number of carbonyl (C=O) groups is 1. The number of rotatable bonds is 6. The van der Waals surface area contributed by atoms with Crippen LogP contribution < -0.4 is 4.74 Å². The predicted molar refractivity (Wildman–Crippen MR) is 93.4 cm³/mol. The molecule has 0 spiro atoms. The highest BCUT2D eigenvalue weighted by Gasteiger charge is 2.24. The van der Waals surface area contributed by atoms with Crippen molar-refractivity contribution >= 4 is 5.91 Å². The SMILES string of the molecule is CC(Oc1ccccc1)C(=O)N(Cc1ccc(C#N)cc1)C(C)C. The van der Waals surface area contributed by atoms with Crippen molar-refractivity contribution in [2.24, 2.45) is 0 Å². The van der Waals surface area contributed by atoms with Crippen molar-refractivity contribution in [3.8, 4) is 11.8 Å². The Labute approximate surface area is 143 Å². The zero-order valence-corrected chi connectivity index (χ0v) is 14.3. The molecule has 124 valence electrons. The van der Waals surface area contributed by atoms with Gasteiger partial charge in [0.1, 0.15) is 5.75 Å². The van der Waals surface area contributed by atoms with Gasteiger partial charge in [-0.3, -0.25) is 4.79 Å². The van der Waals surface area contributed by atoms with Crippen molar-refractivity contribution in [1.82, 2.24) is 4.90 Å². The number of nitriles is 1. The van der Waals surface area contributed by atoms with Crippen LogP contribution in [0.1, 0.15) is 31.9 Å². The van der Waals surface area contributed by atoms with Gasteiger partial charge in [-0.25, -0.2) is 0 Å². The molecule has 0 aliphatic rings. The topological polar surface area (TPSA) is 53.3 Å². The van der Waals surface area contributed by atoms with Gasteiger partial charge >= 0.3 is 0 Å². The highest BCUT2D eigenvalue weighted by molar-refractivity contribution is 5.81. The van der Waals surface area contributed by atoms with Gasteiger partial charge in [-0.1, -0.05) is 30.3 Å². The van der Waals surface area contributed by atoms with Crippen LogP contribution in [0.15, 0.2) is 54.6 Å². The minimum Gasteiger partial charge on any atom is -0.481 e. The summed E-state index contributed by atoms with van der Waals surface area (Å²) in [6.07, 6.45) is -0.562. The summed E-state index contributed by atoms with van der Waals surface area (Å²) in [4.78, 5) is 14.6. The first-order valence-corrected chi connectivity index (χ1v) is 8.02. The van der Waals surface area contributed by atoms with Gasteiger partial charge in [-0.05, 0) is 50.6 Å². The molecule has 24 heavy (non-hydrogen) atoms. The molecule has 0 heterocycles. The molecule has 1 atom stereocenters. The van der Waals surface area contributed by atoms with Gasteiger partial charge in [0.2, 0.25) is 0 Å². The van der Waals surface area contributed by atoms with E-state index in [1.54, 1.807) is 24.0 Å². The van der Waals surface area contributed by atoms with E-state index >= 15 is 0 Å². The Morgan fingerprint density at radius 1 is 1.08 bits per heavy atom. The highest BCUT2D eigenvalue weighted by atomic mass is 16.5. The lowest BCUT2D eigenvalue weighted by molar-refractivity contribution is -0.140. The molecule has 0 radical (unpaired) electrons. The van der Waals surface area contributed by atoms with E-state index in [4.69, 9.17) is 10.00 Å². The molecule has 0 saturated carbocycles. The number of amides is 1. The van der Waals surface area contributed by atoms with E-state index in [1.165, 1.54) is 0 Å². The summed E-state index contributed by atoms with van der Waals surface area (Å²) in [5.41, 5.74) is 1.60. The van der Waals surface area contributed by atoms with Crippen molar-refractivity contribution in [3.63, 3.8) is 0 Å². The molecule has 2 aromatic rings. The number of hydrogen-bond acceptors (Lipinski definition) is 3. The molecular weight excluding hydrogens is 300 g/mol. The van der Waals surface area contributed by atoms with E-state index in [0.29, 0.717) is 17.9 Å². The van der Waals surface area contributed by atoms with Gasteiger partial charge < -0.3 is 9.64 Å². The van der Waals surface area contributed by atoms with Crippen molar-refractivity contribution in [2.75, 3.05) is 0 Å². The molecular formula is C20H22N2O2.